The van der Waals surface area contributed by atoms with E-state index >= 15 is 0 Å². The molecule has 2 heterocycles. The molecule has 0 aliphatic carbocycles. The zero-order chi connectivity index (χ0) is 17.8. The third-order valence-corrected chi connectivity index (χ3v) is 4.91. The molecule has 0 unspecified atom stereocenters. The molecule has 0 aliphatic heterocycles. The van der Waals surface area contributed by atoms with Crippen LogP contribution < -0.4 is 4.74 Å². The minimum Gasteiger partial charge on any atom is -0.431 e. The molecule has 0 N–H and O–H groups in total. The third-order valence-electron chi connectivity index (χ3n) is 4.02. The third kappa shape index (κ3) is 4.07. The second-order valence-corrected chi connectivity index (χ2v) is 7.20. The Bertz CT molecular complexity index is 950. The summed E-state index contributed by atoms with van der Waals surface area (Å²) < 4.78 is 6.90. The van der Waals surface area contributed by atoms with E-state index < -0.39 is 0 Å². The second kappa shape index (κ2) is 7.64. The standard InChI is InChI=1S/C21H19N3OS/c1-24(14-16-6-3-2-4-7-16)15-17-9-11-18(12-10-17)25-21-23-20-19(26-21)8-5-13-22-20/h2-13H,14-15H2,1H3. The normalized spacial score (nSPS) is 11.2. The summed E-state index contributed by atoms with van der Waals surface area (Å²) in [6, 6.07) is 22.6. The molecule has 4 rings (SSSR count). The highest BCUT2D eigenvalue weighted by Gasteiger charge is 2.07. The van der Waals surface area contributed by atoms with Crippen molar-refractivity contribution in [3.63, 3.8) is 0 Å². The monoisotopic (exact) mass is 361 g/mol. The highest BCUT2D eigenvalue weighted by Crippen LogP contribution is 2.30. The summed E-state index contributed by atoms with van der Waals surface area (Å²) in [4.78, 5) is 10.9. The van der Waals surface area contributed by atoms with Crippen LogP contribution in [0, 0.1) is 0 Å². The number of thiazole rings is 1. The molecule has 0 saturated carbocycles. The van der Waals surface area contributed by atoms with Crippen molar-refractivity contribution in [3.05, 3.63) is 84.1 Å². The summed E-state index contributed by atoms with van der Waals surface area (Å²) in [6.45, 7) is 1.82. The van der Waals surface area contributed by atoms with Crippen LogP contribution in [0.15, 0.2) is 72.9 Å². The van der Waals surface area contributed by atoms with Gasteiger partial charge < -0.3 is 4.74 Å². The quantitative estimate of drug-likeness (QED) is 0.478. The highest BCUT2D eigenvalue weighted by atomic mass is 32.1. The predicted molar refractivity (Wildman–Crippen MR) is 106 cm³/mol. The van der Waals surface area contributed by atoms with E-state index in [0.717, 1.165) is 29.2 Å². The molecular weight excluding hydrogens is 342 g/mol. The van der Waals surface area contributed by atoms with Crippen molar-refractivity contribution < 1.29 is 4.74 Å². The highest BCUT2D eigenvalue weighted by molar-refractivity contribution is 7.20. The zero-order valence-electron chi connectivity index (χ0n) is 14.5. The Kier molecular flexibility index (Phi) is 4.91. The fourth-order valence-electron chi connectivity index (χ4n) is 2.82. The molecule has 0 bridgehead atoms. The van der Waals surface area contributed by atoms with Crippen LogP contribution >= 0.6 is 11.3 Å². The lowest BCUT2D eigenvalue weighted by atomic mass is 10.2. The van der Waals surface area contributed by atoms with E-state index in [1.54, 1.807) is 6.20 Å². The number of aromatic nitrogens is 2. The van der Waals surface area contributed by atoms with E-state index in [1.807, 2.05) is 30.3 Å². The summed E-state index contributed by atoms with van der Waals surface area (Å²) in [5, 5.41) is 0.618. The van der Waals surface area contributed by atoms with Crippen LogP contribution in [0.5, 0.6) is 10.9 Å². The Hall–Kier alpha value is -2.76. The maximum absolute atomic E-state index is 5.87. The number of nitrogens with zero attached hydrogens (tertiary/aromatic N) is 3. The summed E-state index contributed by atoms with van der Waals surface area (Å²) in [5.41, 5.74) is 3.30. The molecule has 0 aliphatic rings. The van der Waals surface area contributed by atoms with Gasteiger partial charge in [-0.05, 0) is 42.4 Å². The van der Waals surface area contributed by atoms with Gasteiger partial charge in [0.1, 0.15) is 5.75 Å². The van der Waals surface area contributed by atoms with Crippen LogP contribution in [0.4, 0.5) is 0 Å². The number of hydrogen-bond donors (Lipinski definition) is 0. The van der Waals surface area contributed by atoms with Gasteiger partial charge in [0.15, 0.2) is 5.65 Å². The first-order valence-electron chi connectivity index (χ1n) is 8.47. The van der Waals surface area contributed by atoms with Gasteiger partial charge in [0.2, 0.25) is 0 Å². The van der Waals surface area contributed by atoms with Crippen molar-refractivity contribution in [2.24, 2.45) is 0 Å². The molecule has 0 radical (unpaired) electrons. The SMILES string of the molecule is CN(Cc1ccccc1)Cc1ccc(Oc2nc3ncccc3s2)cc1. The van der Waals surface area contributed by atoms with Crippen LogP contribution in [-0.4, -0.2) is 21.9 Å². The molecule has 0 spiro atoms. The van der Waals surface area contributed by atoms with Crippen molar-refractivity contribution in [2.75, 3.05) is 7.05 Å². The van der Waals surface area contributed by atoms with Gasteiger partial charge in [-0.1, -0.05) is 53.8 Å². The lowest BCUT2D eigenvalue weighted by Crippen LogP contribution is -2.17. The maximum atomic E-state index is 5.87. The van der Waals surface area contributed by atoms with Crippen molar-refractivity contribution >= 4 is 21.7 Å². The smallest absolute Gasteiger partial charge is 0.281 e. The van der Waals surface area contributed by atoms with E-state index in [0.29, 0.717) is 5.19 Å². The van der Waals surface area contributed by atoms with Gasteiger partial charge in [-0.3, -0.25) is 4.90 Å². The number of hydrogen-bond acceptors (Lipinski definition) is 5. The fraction of sp³-hybridized carbons (Fsp3) is 0.143. The molecule has 4 aromatic rings. The van der Waals surface area contributed by atoms with Gasteiger partial charge in [0, 0.05) is 19.3 Å². The molecule has 26 heavy (non-hydrogen) atoms. The Morgan fingerprint density at radius 2 is 1.62 bits per heavy atom. The van der Waals surface area contributed by atoms with Gasteiger partial charge >= 0.3 is 0 Å². The minimum absolute atomic E-state index is 0.618. The summed E-state index contributed by atoms with van der Waals surface area (Å²) >= 11 is 1.50. The maximum Gasteiger partial charge on any atom is 0.281 e. The second-order valence-electron chi connectivity index (χ2n) is 6.21. The van der Waals surface area contributed by atoms with Gasteiger partial charge in [0.05, 0.1) is 4.70 Å². The predicted octanol–water partition coefficient (Wildman–Crippen LogP) is 5.12. The Morgan fingerprint density at radius 3 is 2.35 bits per heavy atom. The molecule has 5 heteroatoms. The molecule has 2 aromatic carbocycles. The Balaban J connectivity index is 1.38. The molecule has 130 valence electrons. The van der Waals surface area contributed by atoms with E-state index in [1.165, 1.54) is 22.5 Å². The first-order chi connectivity index (χ1) is 12.8. The lowest BCUT2D eigenvalue weighted by Gasteiger charge is -2.17. The summed E-state index contributed by atoms with van der Waals surface area (Å²) in [5.74, 6) is 0.790. The Morgan fingerprint density at radius 1 is 0.885 bits per heavy atom. The Labute approximate surface area is 156 Å². The minimum atomic E-state index is 0.618. The summed E-state index contributed by atoms with van der Waals surface area (Å²) in [6.07, 6.45) is 1.74. The number of ether oxygens (including phenoxy) is 1. The largest absolute Gasteiger partial charge is 0.431 e. The van der Waals surface area contributed by atoms with Gasteiger partial charge in [-0.25, -0.2) is 4.98 Å². The number of benzene rings is 2. The molecule has 0 atom stereocenters. The molecule has 0 saturated heterocycles. The summed E-state index contributed by atoms with van der Waals surface area (Å²) in [7, 11) is 2.13. The van der Waals surface area contributed by atoms with E-state index in [2.05, 4.69) is 58.3 Å². The average Bonchev–Trinajstić information content (AvgIpc) is 3.06. The first-order valence-corrected chi connectivity index (χ1v) is 9.29. The molecular formula is C21H19N3OS. The molecule has 0 fully saturated rings. The van der Waals surface area contributed by atoms with Crippen molar-refractivity contribution in [1.29, 1.82) is 0 Å². The van der Waals surface area contributed by atoms with E-state index in [-0.39, 0.29) is 0 Å². The number of pyridine rings is 1. The topological polar surface area (TPSA) is 38.2 Å². The van der Waals surface area contributed by atoms with Crippen molar-refractivity contribution in [2.45, 2.75) is 13.1 Å². The van der Waals surface area contributed by atoms with Crippen LogP contribution in [0.3, 0.4) is 0 Å². The average molecular weight is 361 g/mol. The van der Waals surface area contributed by atoms with E-state index in [4.69, 9.17) is 4.74 Å². The van der Waals surface area contributed by atoms with Crippen LogP contribution in [0.2, 0.25) is 0 Å². The van der Waals surface area contributed by atoms with Crippen LogP contribution in [-0.2, 0) is 13.1 Å². The molecule has 4 nitrogen and oxygen atoms in total. The lowest BCUT2D eigenvalue weighted by molar-refractivity contribution is 0.319. The number of fused-ring (bicyclic) bond motifs is 1. The van der Waals surface area contributed by atoms with Gasteiger partial charge in [-0.2, -0.15) is 4.98 Å². The van der Waals surface area contributed by atoms with Gasteiger partial charge in [0.25, 0.3) is 5.19 Å². The van der Waals surface area contributed by atoms with Crippen molar-refractivity contribution in [1.82, 2.24) is 14.9 Å². The van der Waals surface area contributed by atoms with Crippen LogP contribution in [0.25, 0.3) is 10.3 Å². The van der Waals surface area contributed by atoms with Crippen molar-refractivity contribution in [3.8, 4) is 10.9 Å². The molecule has 0 amide bonds. The fourth-order valence-corrected chi connectivity index (χ4v) is 3.61. The number of rotatable bonds is 6. The van der Waals surface area contributed by atoms with Crippen LogP contribution in [0.1, 0.15) is 11.1 Å². The first kappa shape index (κ1) is 16.7. The molecule has 2 aromatic heterocycles. The van der Waals surface area contributed by atoms with E-state index in [9.17, 15) is 0 Å². The zero-order valence-corrected chi connectivity index (χ0v) is 15.3. The van der Waals surface area contributed by atoms with Gasteiger partial charge in [-0.15, -0.1) is 0 Å².